The lowest BCUT2D eigenvalue weighted by Crippen LogP contribution is -2.14. The van der Waals surface area contributed by atoms with Gasteiger partial charge in [-0.1, -0.05) is 46.8 Å². The number of ether oxygens (including phenoxy) is 4. The van der Waals surface area contributed by atoms with Crippen LogP contribution in [-0.2, 0) is 25.4 Å². The molecule has 0 aliphatic rings. The highest BCUT2D eigenvalue weighted by atomic mass is 19.4. The highest BCUT2D eigenvalue weighted by molar-refractivity contribution is 5.69. The molecule has 0 unspecified atom stereocenters. The molecule has 2 N–H and O–H groups in total. The first-order valence-electron chi connectivity index (χ1n) is 11.5. The summed E-state index contributed by atoms with van der Waals surface area (Å²) >= 11 is 0. The van der Waals surface area contributed by atoms with Crippen LogP contribution in [-0.4, -0.2) is 58.8 Å². The van der Waals surface area contributed by atoms with Gasteiger partial charge in [0.25, 0.3) is 0 Å². The second-order valence-corrected chi connectivity index (χ2v) is 5.90. The number of carbonyl (C=O) groups excluding carboxylic acids is 1. The van der Waals surface area contributed by atoms with E-state index in [4.69, 9.17) is 19.9 Å². The van der Waals surface area contributed by atoms with Crippen LogP contribution in [0.3, 0.4) is 0 Å². The van der Waals surface area contributed by atoms with E-state index in [1.165, 1.54) is 12.7 Å². The third-order valence-electron chi connectivity index (χ3n) is 3.53. The molecule has 0 atom stereocenters. The maximum absolute atomic E-state index is 11.0. The van der Waals surface area contributed by atoms with Crippen molar-refractivity contribution < 1.29 is 36.9 Å². The minimum Gasteiger partial charge on any atom is -0.491 e. The summed E-state index contributed by atoms with van der Waals surface area (Å²) in [4.78, 5) is 11.0. The maximum Gasteiger partial charge on any atom is 0.388 e. The molecule has 196 valence electrons. The number of nitrogens with two attached hydrogens (primary N) is 1. The Bertz CT molecular complexity index is 526. The molecule has 0 radical (unpaired) electrons. The number of benzene rings is 1. The number of rotatable bonds is 13. The summed E-state index contributed by atoms with van der Waals surface area (Å²) in [5, 5.41) is 0. The first-order chi connectivity index (χ1) is 15.8. The Hall–Kier alpha value is -1.84. The average Bonchev–Trinajstić information content (AvgIpc) is 2.84. The van der Waals surface area contributed by atoms with Crippen LogP contribution < -0.4 is 10.5 Å². The molecule has 0 saturated carbocycles. The third-order valence-corrected chi connectivity index (χ3v) is 3.53. The third kappa shape index (κ3) is 28.1. The summed E-state index contributed by atoms with van der Waals surface area (Å²) in [5.74, 6) is 0.642. The van der Waals surface area contributed by atoms with E-state index in [0.717, 1.165) is 25.5 Å². The number of carbonyl (C=O) groups is 1. The van der Waals surface area contributed by atoms with Crippen LogP contribution in [0.5, 0.6) is 5.75 Å². The smallest absolute Gasteiger partial charge is 0.388 e. The van der Waals surface area contributed by atoms with E-state index in [9.17, 15) is 18.0 Å². The van der Waals surface area contributed by atoms with E-state index < -0.39 is 12.6 Å². The van der Waals surface area contributed by atoms with Crippen LogP contribution in [0.1, 0.15) is 59.4 Å². The molecule has 9 heteroatoms. The van der Waals surface area contributed by atoms with E-state index in [2.05, 4.69) is 4.74 Å². The van der Waals surface area contributed by atoms with Crippen molar-refractivity contribution in [2.45, 2.75) is 66.5 Å². The first-order valence-corrected chi connectivity index (χ1v) is 11.5. The van der Waals surface area contributed by atoms with Gasteiger partial charge in [-0.15, -0.1) is 0 Å². The Morgan fingerprint density at radius 3 is 1.85 bits per heavy atom. The Kier molecular flexibility index (Phi) is 28.6. The van der Waals surface area contributed by atoms with Crippen LogP contribution in [0, 0.1) is 0 Å². The largest absolute Gasteiger partial charge is 0.491 e. The maximum atomic E-state index is 11.0. The van der Waals surface area contributed by atoms with Gasteiger partial charge < -0.3 is 24.7 Å². The van der Waals surface area contributed by atoms with E-state index in [0.29, 0.717) is 46.0 Å². The topological polar surface area (TPSA) is 80.0 Å². The quantitative estimate of drug-likeness (QED) is 0.292. The van der Waals surface area contributed by atoms with Crippen molar-refractivity contribution in [1.82, 2.24) is 0 Å². The Balaban J connectivity index is -0.000000765. The van der Waals surface area contributed by atoms with Crippen molar-refractivity contribution >= 4 is 5.97 Å². The molecule has 1 aromatic rings. The van der Waals surface area contributed by atoms with Gasteiger partial charge in [-0.25, -0.2) is 0 Å². The summed E-state index contributed by atoms with van der Waals surface area (Å²) in [5.41, 5.74) is 6.48. The van der Waals surface area contributed by atoms with Crippen molar-refractivity contribution in [3.05, 3.63) is 29.8 Å². The van der Waals surface area contributed by atoms with Crippen molar-refractivity contribution in [3.8, 4) is 5.75 Å². The van der Waals surface area contributed by atoms with E-state index in [1.54, 1.807) is 0 Å². The number of alkyl halides is 3. The fourth-order valence-corrected chi connectivity index (χ4v) is 1.92. The van der Waals surface area contributed by atoms with Gasteiger partial charge in [0.15, 0.2) is 0 Å². The van der Waals surface area contributed by atoms with Crippen LogP contribution in [0.2, 0.25) is 0 Å². The van der Waals surface area contributed by atoms with Gasteiger partial charge in [0.1, 0.15) is 12.4 Å². The Morgan fingerprint density at radius 2 is 1.39 bits per heavy atom. The zero-order chi connectivity index (χ0) is 26.0. The fourth-order valence-electron chi connectivity index (χ4n) is 1.92. The number of esters is 1. The standard InChI is InChI=1S/C17H27NO5.C3H5F3.2C2H6/c1-20-17(19)4-2-3-15-5-7-16(8-6-15)23-14-13-22-12-11-21-10-9-18;1-2-3(4,5)6;2*1-2/h5-8H,2-4,9-14,18H2,1H3;2H2,1H3;2*1-2H3. The lowest BCUT2D eigenvalue weighted by Gasteiger charge is -2.08. The first kappa shape index (κ1) is 35.7. The monoisotopic (exact) mass is 483 g/mol. The predicted molar refractivity (Wildman–Crippen MR) is 127 cm³/mol. The highest BCUT2D eigenvalue weighted by Crippen LogP contribution is 2.17. The average molecular weight is 484 g/mol. The molecule has 0 aliphatic carbocycles. The molecule has 0 aromatic heterocycles. The van der Waals surface area contributed by atoms with Crippen LogP contribution in [0.25, 0.3) is 0 Å². The molecule has 0 saturated heterocycles. The van der Waals surface area contributed by atoms with E-state index >= 15 is 0 Å². The minimum atomic E-state index is -3.96. The summed E-state index contributed by atoms with van der Waals surface area (Å²) < 4.78 is 53.1. The van der Waals surface area contributed by atoms with Crippen LogP contribution >= 0.6 is 0 Å². The number of methoxy groups -OCH3 is 1. The van der Waals surface area contributed by atoms with Crippen LogP contribution in [0.4, 0.5) is 13.2 Å². The van der Waals surface area contributed by atoms with E-state index in [-0.39, 0.29) is 5.97 Å². The molecule has 1 aromatic carbocycles. The molecular formula is C24H44F3NO5. The second kappa shape index (κ2) is 26.4. The molecular weight excluding hydrogens is 439 g/mol. The lowest BCUT2D eigenvalue weighted by atomic mass is 10.1. The number of hydrogen-bond donors (Lipinski definition) is 1. The zero-order valence-electron chi connectivity index (χ0n) is 21.1. The molecule has 0 spiro atoms. The summed E-state index contributed by atoms with van der Waals surface area (Å²) in [6.45, 7) is 12.3. The molecule has 33 heavy (non-hydrogen) atoms. The van der Waals surface area contributed by atoms with Crippen molar-refractivity contribution in [3.63, 3.8) is 0 Å². The fraction of sp³-hybridized carbons (Fsp3) is 0.708. The van der Waals surface area contributed by atoms with Crippen molar-refractivity contribution in [2.75, 3.05) is 46.7 Å². The molecule has 0 bridgehead atoms. The molecule has 0 heterocycles. The van der Waals surface area contributed by atoms with Gasteiger partial charge >= 0.3 is 12.1 Å². The van der Waals surface area contributed by atoms with Gasteiger partial charge in [-0.2, -0.15) is 13.2 Å². The molecule has 0 fully saturated rings. The Morgan fingerprint density at radius 1 is 0.909 bits per heavy atom. The molecule has 0 amide bonds. The molecule has 1 rings (SSSR count). The van der Waals surface area contributed by atoms with Gasteiger partial charge in [-0.3, -0.25) is 4.79 Å². The summed E-state index contributed by atoms with van der Waals surface area (Å²) in [6.07, 6.45) is -2.61. The molecule has 6 nitrogen and oxygen atoms in total. The summed E-state index contributed by atoms with van der Waals surface area (Å²) in [7, 11) is 1.41. The van der Waals surface area contributed by atoms with Crippen LogP contribution in [0.15, 0.2) is 24.3 Å². The second-order valence-electron chi connectivity index (χ2n) is 5.90. The highest BCUT2D eigenvalue weighted by Gasteiger charge is 2.22. The number of halogens is 3. The minimum absolute atomic E-state index is 0.168. The Labute approximate surface area is 197 Å². The van der Waals surface area contributed by atoms with Gasteiger partial charge in [0.05, 0.1) is 33.5 Å². The lowest BCUT2D eigenvalue weighted by molar-refractivity contribution is -0.140. The predicted octanol–water partition coefficient (Wildman–Crippen LogP) is 5.56. The van der Waals surface area contributed by atoms with E-state index in [1.807, 2.05) is 52.0 Å². The van der Waals surface area contributed by atoms with Gasteiger partial charge in [0, 0.05) is 19.4 Å². The normalized spacial score (nSPS) is 9.88. The van der Waals surface area contributed by atoms with Gasteiger partial charge in [0.2, 0.25) is 0 Å². The molecule has 0 aliphatic heterocycles. The summed E-state index contributed by atoms with van der Waals surface area (Å²) in [6, 6.07) is 7.87. The SMILES string of the molecule is CC.CC.CCC(F)(F)F.COC(=O)CCCc1ccc(OCCOCCOCCN)cc1. The van der Waals surface area contributed by atoms with Crippen molar-refractivity contribution in [1.29, 1.82) is 0 Å². The van der Waals surface area contributed by atoms with Crippen molar-refractivity contribution in [2.24, 2.45) is 5.73 Å². The van der Waals surface area contributed by atoms with Gasteiger partial charge in [-0.05, 0) is 30.5 Å². The number of hydrogen-bond acceptors (Lipinski definition) is 6. The zero-order valence-corrected chi connectivity index (χ0v) is 21.1. The number of aryl methyl sites for hydroxylation is 1.